The summed E-state index contributed by atoms with van der Waals surface area (Å²) >= 11 is 7.02. The lowest BCUT2D eigenvalue weighted by Gasteiger charge is -2.29. The van der Waals surface area contributed by atoms with Crippen molar-refractivity contribution in [3.63, 3.8) is 0 Å². The van der Waals surface area contributed by atoms with Crippen molar-refractivity contribution < 1.29 is 19.1 Å². The molecule has 0 radical (unpaired) electrons. The van der Waals surface area contributed by atoms with Crippen molar-refractivity contribution in [1.82, 2.24) is 0 Å². The van der Waals surface area contributed by atoms with Crippen molar-refractivity contribution >= 4 is 55.0 Å². The standard InChI is InChI=1S/C34H34Br2N2O4/c1-23(2)41-31-17-15-25(35)21-29(31)33(39)37(27-11-7-5-8-12-27)19-20-38(28-13-9-6-10-14-28)34(40)30-22-26(36)16-18-32(30)42-24(3)4/h5-18,21-24H,19-20H2,1-4H3. The second-order valence-corrected chi connectivity index (χ2v) is 12.0. The Morgan fingerprint density at radius 3 is 1.29 bits per heavy atom. The Labute approximate surface area is 264 Å². The minimum atomic E-state index is -0.232. The maximum absolute atomic E-state index is 14.2. The second kappa shape index (κ2) is 14.5. The van der Waals surface area contributed by atoms with Gasteiger partial charge in [0.25, 0.3) is 11.8 Å². The van der Waals surface area contributed by atoms with E-state index in [1.807, 2.05) is 100 Å². The molecular formula is C34H34Br2N2O4. The fourth-order valence-electron chi connectivity index (χ4n) is 4.45. The molecule has 4 aromatic rings. The number of carbonyl (C=O) groups is 2. The molecule has 218 valence electrons. The van der Waals surface area contributed by atoms with Crippen molar-refractivity contribution in [2.24, 2.45) is 0 Å². The SMILES string of the molecule is CC(C)Oc1ccc(Br)cc1C(=O)N(CCN(C(=O)c1cc(Br)ccc1OC(C)C)c1ccccc1)c1ccccc1. The Morgan fingerprint density at radius 2 is 0.952 bits per heavy atom. The van der Waals surface area contributed by atoms with Gasteiger partial charge in [-0.1, -0.05) is 68.3 Å². The van der Waals surface area contributed by atoms with Crippen LogP contribution in [0.1, 0.15) is 48.4 Å². The number of carbonyl (C=O) groups excluding carboxylic acids is 2. The highest BCUT2D eigenvalue weighted by Gasteiger charge is 2.27. The first kappa shape index (κ1) is 31.3. The monoisotopic (exact) mass is 692 g/mol. The molecule has 6 nitrogen and oxygen atoms in total. The molecule has 0 saturated carbocycles. The van der Waals surface area contributed by atoms with Gasteiger partial charge in [-0.3, -0.25) is 9.59 Å². The van der Waals surface area contributed by atoms with E-state index >= 15 is 0 Å². The van der Waals surface area contributed by atoms with Crippen LogP contribution in [0.3, 0.4) is 0 Å². The predicted octanol–water partition coefficient (Wildman–Crippen LogP) is 8.78. The van der Waals surface area contributed by atoms with Crippen LogP contribution in [0.2, 0.25) is 0 Å². The van der Waals surface area contributed by atoms with Gasteiger partial charge >= 0.3 is 0 Å². The first-order valence-electron chi connectivity index (χ1n) is 13.8. The maximum atomic E-state index is 14.2. The zero-order chi connectivity index (χ0) is 30.2. The number of rotatable bonds is 11. The number of anilines is 2. The molecule has 0 spiro atoms. The number of hydrogen-bond donors (Lipinski definition) is 0. The van der Waals surface area contributed by atoms with E-state index < -0.39 is 0 Å². The van der Waals surface area contributed by atoms with Crippen LogP contribution < -0.4 is 19.3 Å². The lowest BCUT2D eigenvalue weighted by Crippen LogP contribution is -2.41. The number of amides is 2. The van der Waals surface area contributed by atoms with E-state index in [4.69, 9.17) is 9.47 Å². The smallest absolute Gasteiger partial charge is 0.262 e. The number of nitrogens with zero attached hydrogens (tertiary/aromatic N) is 2. The Kier molecular flexibility index (Phi) is 10.8. The summed E-state index contributed by atoms with van der Waals surface area (Å²) in [6.07, 6.45) is -0.219. The van der Waals surface area contributed by atoms with Crippen molar-refractivity contribution in [2.45, 2.75) is 39.9 Å². The van der Waals surface area contributed by atoms with Crippen molar-refractivity contribution in [2.75, 3.05) is 22.9 Å². The summed E-state index contributed by atoms with van der Waals surface area (Å²) in [6, 6.07) is 29.7. The molecule has 0 N–H and O–H groups in total. The largest absolute Gasteiger partial charge is 0.490 e. The van der Waals surface area contributed by atoms with Gasteiger partial charge in [-0.2, -0.15) is 0 Å². The van der Waals surface area contributed by atoms with Crippen LogP contribution in [-0.2, 0) is 0 Å². The quantitative estimate of drug-likeness (QED) is 0.158. The molecule has 2 amide bonds. The highest BCUT2D eigenvalue weighted by molar-refractivity contribution is 9.10. The molecule has 0 fully saturated rings. The van der Waals surface area contributed by atoms with Crippen LogP contribution in [-0.4, -0.2) is 37.1 Å². The Hall–Kier alpha value is -3.62. The number of benzene rings is 4. The minimum absolute atomic E-state index is 0.110. The highest BCUT2D eigenvalue weighted by Crippen LogP contribution is 2.30. The molecule has 4 aromatic carbocycles. The van der Waals surface area contributed by atoms with Gasteiger partial charge in [0.2, 0.25) is 0 Å². The van der Waals surface area contributed by atoms with Crippen LogP contribution in [0.15, 0.2) is 106 Å². The van der Waals surface area contributed by atoms with Crippen LogP contribution in [0.5, 0.6) is 11.5 Å². The van der Waals surface area contributed by atoms with E-state index in [9.17, 15) is 9.59 Å². The molecule has 0 saturated heterocycles. The maximum Gasteiger partial charge on any atom is 0.262 e. The fourth-order valence-corrected chi connectivity index (χ4v) is 5.18. The number of halogens is 2. The summed E-state index contributed by atoms with van der Waals surface area (Å²) in [5.74, 6) is 0.536. The Morgan fingerprint density at radius 1 is 0.595 bits per heavy atom. The summed E-state index contributed by atoms with van der Waals surface area (Å²) < 4.78 is 13.5. The highest BCUT2D eigenvalue weighted by atomic mass is 79.9. The van der Waals surface area contributed by atoms with Crippen LogP contribution in [0.4, 0.5) is 11.4 Å². The fraction of sp³-hybridized carbons (Fsp3) is 0.235. The van der Waals surface area contributed by atoms with E-state index in [2.05, 4.69) is 31.9 Å². The van der Waals surface area contributed by atoms with E-state index in [1.165, 1.54) is 0 Å². The van der Waals surface area contributed by atoms with Gasteiger partial charge in [-0.15, -0.1) is 0 Å². The van der Waals surface area contributed by atoms with Crippen LogP contribution >= 0.6 is 31.9 Å². The molecular weight excluding hydrogens is 660 g/mol. The molecule has 0 aliphatic heterocycles. The van der Waals surface area contributed by atoms with Crippen molar-refractivity contribution in [1.29, 1.82) is 0 Å². The first-order valence-corrected chi connectivity index (χ1v) is 15.4. The molecule has 0 atom stereocenters. The number of para-hydroxylation sites is 2. The molecule has 8 heteroatoms. The molecule has 0 heterocycles. The van der Waals surface area contributed by atoms with Gasteiger partial charge in [0.15, 0.2) is 0 Å². The zero-order valence-corrected chi connectivity index (χ0v) is 27.3. The zero-order valence-electron chi connectivity index (χ0n) is 24.1. The topological polar surface area (TPSA) is 59.1 Å². The molecule has 0 aliphatic rings. The lowest BCUT2D eigenvalue weighted by molar-refractivity contribution is 0.0961. The Balaban J connectivity index is 1.73. The van der Waals surface area contributed by atoms with Gasteiger partial charge in [0.05, 0.1) is 23.3 Å². The molecule has 0 aliphatic carbocycles. The summed E-state index contributed by atoms with van der Waals surface area (Å²) in [6.45, 7) is 8.15. The molecule has 42 heavy (non-hydrogen) atoms. The third-order valence-electron chi connectivity index (χ3n) is 6.24. The van der Waals surface area contributed by atoms with Gasteiger partial charge in [-0.05, 0) is 88.4 Å². The average molecular weight is 694 g/mol. The van der Waals surface area contributed by atoms with Gasteiger partial charge < -0.3 is 19.3 Å². The third kappa shape index (κ3) is 8.01. The summed E-state index contributed by atoms with van der Waals surface area (Å²) in [5, 5.41) is 0. The normalized spacial score (nSPS) is 11.0. The second-order valence-electron chi connectivity index (χ2n) is 10.2. The van der Waals surface area contributed by atoms with Crippen LogP contribution in [0, 0.1) is 0 Å². The predicted molar refractivity (Wildman–Crippen MR) is 176 cm³/mol. The van der Waals surface area contributed by atoms with Gasteiger partial charge in [-0.25, -0.2) is 0 Å². The summed E-state index contributed by atoms with van der Waals surface area (Å²) in [4.78, 5) is 31.8. The molecule has 0 bridgehead atoms. The average Bonchev–Trinajstić information content (AvgIpc) is 2.97. The van der Waals surface area contributed by atoms with E-state index in [-0.39, 0.29) is 37.1 Å². The molecule has 4 rings (SSSR count). The third-order valence-corrected chi connectivity index (χ3v) is 7.23. The Bertz CT molecular complexity index is 1400. The van der Waals surface area contributed by atoms with Gasteiger partial charge in [0, 0.05) is 33.4 Å². The molecule has 0 unspecified atom stereocenters. The first-order chi connectivity index (χ1) is 20.1. The van der Waals surface area contributed by atoms with Crippen LogP contribution in [0.25, 0.3) is 0 Å². The number of hydrogen-bond acceptors (Lipinski definition) is 4. The molecule has 0 aromatic heterocycles. The van der Waals surface area contributed by atoms with E-state index in [1.54, 1.807) is 34.1 Å². The summed E-state index contributed by atoms with van der Waals surface area (Å²) in [7, 11) is 0. The van der Waals surface area contributed by atoms with E-state index in [0.29, 0.717) is 34.0 Å². The van der Waals surface area contributed by atoms with Gasteiger partial charge in [0.1, 0.15) is 11.5 Å². The van der Waals surface area contributed by atoms with E-state index in [0.717, 1.165) is 8.95 Å². The number of ether oxygens (including phenoxy) is 2. The lowest BCUT2D eigenvalue weighted by atomic mass is 10.1. The minimum Gasteiger partial charge on any atom is -0.490 e. The summed E-state index contributed by atoms with van der Waals surface area (Å²) in [5.41, 5.74) is 2.28. The van der Waals surface area contributed by atoms with Crippen molar-refractivity contribution in [3.8, 4) is 11.5 Å². The van der Waals surface area contributed by atoms with Crippen molar-refractivity contribution in [3.05, 3.63) is 117 Å².